The maximum atomic E-state index is 12.7. The fourth-order valence-corrected chi connectivity index (χ4v) is 4.24. The lowest BCUT2D eigenvalue weighted by Crippen LogP contribution is -2.43. The van der Waals surface area contributed by atoms with Crippen molar-refractivity contribution in [3.05, 3.63) is 54.1 Å². The highest BCUT2D eigenvalue weighted by atomic mass is 32.2. The average Bonchev–Trinajstić information content (AvgIpc) is 2.62. The lowest BCUT2D eigenvalue weighted by atomic mass is 9.87. The van der Waals surface area contributed by atoms with Crippen LogP contribution in [-0.4, -0.2) is 34.2 Å². The van der Waals surface area contributed by atoms with E-state index in [1.807, 2.05) is 24.3 Å². The van der Waals surface area contributed by atoms with Gasteiger partial charge in [0.05, 0.1) is 18.1 Å². The van der Waals surface area contributed by atoms with E-state index in [-0.39, 0.29) is 10.3 Å². The third-order valence-corrected chi connectivity index (χ3v) is 6.25. The number of sulfonamides is 1. The molecule has 0 bridgehead atoms. The molecule has 0 amide bonds. The number of rotatable bonds is 4. The van der Waals surface area contributed by atoms with Crippen LogP contribution in [0.1, 0.15) is 33.3 Å². The summed E-state index contributed by atoms with van der Waals surface area (Å²) >= 11 is 0. The number of anilines is 2. The van der Waals surface area contributed by atoms with Gasteiger partial charge >= 0.3 is 0 Å². The van der Waals surface area contributed by atoms with Crippen LogP contribution in [0.25, 0.3) is 0 Å². The molecule has 1 N–H and O–H groups in total. The van der Waals surface area contributed by atoms with Crippen molar-refractivity contribution in [3.63, 3.8) is 0 Å². The molecule has 0 aromatic heterocycles. The normalized spacial score (nSPS) is 18.4. The van der Waals surface area contributed by atoms with E-state index in [0.29, 0.717) is 24.9 Å². The van der Waals surface area contributed by atoms with E-state index in [0.717, 1.165) is 17.8 Å². The molecule has 0 radical (unpaired) electrons. The fraction of sp³-hybridized carbons (Fsp3) is 0.429. The van der Waals surface area contributed by atoms with Crippen molar-refractivity contribution >= 4 is 21.4 Å². The first kappa shape index (κ1) is 19.7. The Balaban J connectivity index is 1.74. The van der Waals surface area contributed by atoms with Gasteiger partial charge in [0, 0.05) is 24.0 Å². The van der Waals surface area contributed by atoms with Gasteiger partial charge in [0.2, 0.25) is 0 Å². The Bertz CT molecular complexity index is 869. The first-order valence-electron chi connectivity index (χ1n) is 9.25. The molecular formula is C21H28N2O3S. The zero-order chi connectivity index (χ0) is 19.7. The predicted molar refractivity (Wildman–Crippen MR) is 110 cm³/mol. The molecule has 1 heterocycles. The van der Waals surface area contributed by atoms with Gasteiger partial charge in [-0.05, 0) is 54.3 Å². The van der Waals surface area contributed by atoms with Gasteiger partial charge in [-0.2, -0.15) is 0 Å². The zero-order valence-corrected chi connectivity index (χ0v) is 17.2. The Morgan fingerprint density at radius 1 is 1.04 bits per heavy atom. The van der Waals surface area contributed by atoms with E-state index in [1.165, 1.54) is 0 Å². The summed E-state index contributed by atoms with van der Waals surface area (Å²) in [6, 6.07) is 14.9. The number of ether oxygens (including phenoxy) is 1. The second-order valence-electron chi connectivity index (χ2n) is 8.04. The van der Waals surface area contributed by atoms with Gasteiger partial charge in [-0.3, -0.25) is 4.72 Å². The fourth-order valence-electron chi connectivity index (χ4n) is 3.18. The van der Waals surface area contributed by atoms with Crippen molar-refractivity contribution in [2.75, 3.05) is 29.4 Å². The topological polar surface area (TPSA) is 58.6 Å². The van der Waals surface area contributed by atoms with Gasteiger partial charge in [-0.25, -0.2) is 8.42 Å². The van der Waals surface area contributed by atoms with Crippen molar-refractivity contribution in [1.82, 2.24) is 0 Å². The molecule has 2 aromatic rings. The Morgan fingerprint density at radius 3 is 2.22 bits per heavy atom. The number of nitrogens with one attached hydrogen (secondary N) is 1. The standard InChI is InChI=1S/C21H28N2O3S/c1-16-15-26-14-13-23(16)19-9-7-18(8-10-19)22-27(24,25)20-11-5-17(6-12-20)21(2,3)4/h5-12,16,22H,13-15H2,1-4H3. The average molecular weight is 389 g/mol. The molecule has 2 aromatic carbocycles. The molecule has 5 nitrogen and oxygen atoms in total. The second-order valence-corrected chi connectivity index (χ2v) is 9.73. The molecule has 3 rings (SSSR count). The quantitative estimate of drug-likeness (QED) is 0.860. The van der Waals surface area contributed by atoms with Crippen molar-refractivity contribution < 1.29 is 13.2 Å². The van der Waals surface area contributed by atoms with Crippen molar-refractivity contribution in [2.24, 2.45) is 0 Å². The van der Waals surface area contributed by atoms with Crippen LogP contribution in [0.3, 0.4) is 0 Å². The van der Waals surface area contributed by atoms with Crippen LogP contribution in [0.15, 0.2) is 53.4 Å². The number of nitrogens with zero attached hydrogens (tertiary/aromatic N) is 1. The molecule has 27 heavy (non-hydrogen) atoms. The summed E-state index contributed by atoms with van der Waals surface area (Å²) in [5.74, 6) is 0. The van der Waals surface area contributed by atoms with E-state index in [9.17, 15) is 8.42 Å². The first-order chi connectivity index (χ1) is 12.7. The van der Waals surface area contributed by atoms with Gasteiger partial charge in [0.1, 0.15) is 0 Å². The van der Waals surface area contributed by atoms with Crippen LogP contribution >= 0.6 is 0 Å². The molecule has 0 spiro atoms. The van der Waals surface area contributed by atoms with Crippen LogP contribution in [0.4, 0.5) is 11.4 Å². The Labute approximate surface area is 162 Å². The molecular weight excluding hydrogens is 360 g/mol. The van der Waals surface area contributed by atoms with Gasteiger partial charge in [0.25, 0.3) is 10.0 Å². The molecule has 1 atom stereocenters. The van der Waals surface area contributed by atoms with Gasteiger partial charge in [0.15, 0.2) is 0 Å². The summed E-state index contributed by atoms with van der Waals surface area (Å²) in [6.07, 6.45) is 0. The van der Waals surface area contributed by atoms with E-state index in [4.69, 9.17) is 4.74 Å². The predicted octanol–water partition coefficient (Wildman–Crippen LogP) is 4.01. The summed E-state index contributed by atoms with van der Waals surface area (Å²) in [7, 11) is -3.61. The van der Waals surface area contributed by atoms with Crippen molar-refractivity contribution in [2.45, 2.75) is 44.0 Å². The number of benzene rings is 2. The Morgan fingerprint density at radius 2 is 1.67 bits per heavy atom. The van der Waals surface area contributed by atoms with Gasteiger partial charge in [-0.15, -0.1) is 0 Å². The van der Waals surface area contributed by atoms with Crippen LogP contribution < -0.4 is 9.62 Å². The summed E-state index contributed by atoms with van der Waals surface area (Å²) in [5, 5.41) is 0. The zero-order valence-electron chi connectivity index (χ0n) is 16.4. The molecule has 6 heteroatoms. The number of morpholine rings is 1. The summed E-state index contributed by atoms with van der Waals surface area (Å²) < 4.78 is 33.5. The molecule has 1 aliphatic rings. The SMILES string of the molecule is CC1COCCN1c1ccc(NS(=O)(=O)c2ccc(C(C)(C)C)cc2)cc1. The molecule has 146 valence electrons. The third kappa shape index (κ3) is 4.62. The van der Waals surface area contributed by atoms with E-state index in [2.05, 4.69) is 37.3 Å². The van der Waals surface area contributed by atoms with Crippen molar-refractivity contribution in [3.8, 4) is 0 Å². The number of hydrogen-bond donors (Lipinski definition) is 1. The van der Waals surface area contributed by atoms with Crippen LogP contribution in [0.2, 0.25) is 0 Å². The minimum atomic E-state index is -3.61. The second kappa shape index (κ2) is 7.52. The molecule has 0 aliphatic carbocycles. The summed E-state index contributed by atoms with van der Waals surface area (Å²) in [6.45, 7) is 10.7. The highest BCUT2D eigenvalue weighted by molar-refractivity contribution is 7.92. The lowest BCUT2D eigenvalue weighted by Gasteiger charge is -2.35. The first-order valence-corrected chi connectivity index (χ1v) is 10.7. The van der Waals surface area contributed by atoms with Crippen molar-refractivity contribution in [1.29, 1.82) is 0 Å². The number of hydrogen-bond acceptors (Lipinski definition) is 4. The van der Waals surface area contributed by atoms with Gasteiger partial charge < -0.3 is 9.64 Å². The highest BCUT2D eigenvalue weighted by Gasteiger charge is 2.20. The van der Waals surface area contributed by atoms with E-state index < -0.39 is 10.0 Å². The Hall–Kier alpha value is -2.05. The van der Waals surface area contributed by atoms with Gasteiger partial charge in [-0.1, -0.05) is 32.9 Å². The monoisotopic (exact) mass is 388 g/mol. The maximum Gasteiger partial charge on any atom is 0.261 e. The molecule has 1 unspecified atom stereocenters. The summed E-state index contributed by atoms with van der Waals surface area (Å²) in [4.78, 5) is 2.54. The minimum absolute atomic E-state index is 0.0117. The largest absolute Gasteiger partial charge is 0.377 e. The third-order valence-electron chi connectivity index (χ3n) is 4.85. The summed E-state index contributed by atoms with van der Waals surface area (Å²) in [5.41, 5.74) is 2.72. The van der Waals surface area contributed by atoms with Crippen LogP contribution in [-0.2, 0) is 20.2 Å². The highest BCUT2D eigenvalue weighted by Crippen LogP contribution is 2.26. The van der Waals surface area contributed by atoms with Crippen LogP contribution in [0.5, 0.6) is 0 Å². The molecule has 1 aliphatic heterocycles. The molecule has 1 saturated heterocycles. The molecule has 0 saturated carbocycles. The Kier molecular flexibility index (Phi) is 5.49. The molecule has 1 fully saturated rings. The smallest absolute Gasteiger partial charge is 0.261 e. The minimum Gasteiger partial charge on any atom is -0.377 e. The lowest BCUT2D eigenvalue weighted by molar-refractivity contribution is 0.0989. The van der Waals surface area contributed by atoms with Crippen LogP contribution in [0, 0.1) is 0 Å². The maximum absolute atomic E-state index is 12.7. The van der Waals surface area contributed by atoms with E-state index >= 15 is 0 Å². The van der Waals surface area contributed by atoms with E-state index in [1.54, 1.807) is 24.3 Å².